The highest BCUT2D eigenvalue weighted by Gasteiger charge is 1.72. The third-order valence-corrected chi connectivity index (χ3v) is 0.761. The number of nitrogens with zero attached hydrogens (tertiary/aromatic N) is 2. The molecule has 0 saturated heterocycles. The lowest BCUT2D eigenvalue weighted by atomic mass is 10.5. The fourth-order valence-corrected chi connectivity index (χ4v) is 0.206. The van der Waals surface area contributed by atoms with E-state index in [4.69, 9.17) is 0 Å². The zero-order chi connectivity index (χ0) is 6.41. The lowest BCUT2D eigenvalue weighted by Crippen LogP contribution is -1.66. The number of allylic oxidation sites excluding steroid dienone is 2. The van der Waals surface area contributed by atoms with Crippen LogP contribution in [0.1, 0.15) is 13.8 Å². The van der Waals surface area contributed by atoms with E-state index in [-0.39, 0.29) is 0 Å². The molecule has 0 aromatic heterocycles. The van der Waals surface area contributed by atoms with E-state index >= 15 is 0 Å². The molecule has 0 aliphatic rings. The van der Waals surface area contributed by atoms with Gasteiger partial charge in [0.25, 0.3) is 0 Å². The summed E-state index contributed by atoms with van der Waals surface area (Å²) in [6.45, 7) is 7.07. The molecule has 0 saturated carbocycles. The maximum atomic E-state index is 3.87. The van der Waals surface area contributed by atoms with Crippen molar-refractivity contribution in [2.24, 2.45) is 9.98 Å². The van der Waals surface area contributed by atoms with Gasteiger partial charge < -0.3 is 0 Å². The normalized spacial score (nSPS) is 12.5. The summed E-state index contributed by atoms with van der Waals surface area (Å²) in [6.07, 6.45) is 3.33. The van der Waals surface area contributed by atoms with Gasteiger partial charge in [-0.3, -0.25) is 4.99 Å². The Kier molecular flexibility index (Phi) is 3.76. The number of aliphatic imine (C=N–C) groups is 2. The molecule has 0 atom stereocenters. The van der Waals surface area contributed by atoms with E-state index in [9.17, 15) is 0 Å². The molecule has 0 aromatic carbocycles. The quantitative estimate of drug-likeness (QED) is 0.381. The molecule has 0 rings (SSSR count). The van der Waals surface area contributed by atoms with E-state index in [2.05, 4.69) is 16.7 Å². The fraction of sp³-hybridized carbons (Fsp3) is 0.333. The van der Waals surface area contributed by atoms with Gasteiger partial charge in [-0.1, -0.05) is 6.08 Å². The lowest BCUT2D eigenvalue weighted by molar-refractivity contribution is 1.29. The van der Waals surface area contributed by atoms with Gasteiger partial charge >= 0.3 is 0 Å². The van der Waals surface area contributed by atoms with Crippen molar-refractivity contribution in [1.82, 2.24) is 0 Å². The van der Waals surface area contributed by atoms with E-state index in [0.717, 1.165) is 5.70 Å². The van der Waals surface area contributed by atoms with Crippen LogP contribution in [0.4, 0.5) is 0 Å². The second kappa shape index (κ2) is 4.24. The highest BCUT2D eigenvalue weighted by Crippen LogP contribution is 1.89. The maximum Gasteiger partial charge on any atom is 0.114 e. The van der Waals surface area contributed by atoms with Crippen LogP contribution in [0.5, 0.6) is 0 Å². The first-order valence-electron chi connectivity index (χ1n) is 2.42. The van der Waals surface area contributed by atoms with Gasteiger partial charge in [0, 0.05) is 5.70 Å². The molecule has 8 heavy (non-hydrogen) atoms. The third-order valence-electron chi connectivity index (χ3n) is 0.761. The second-order valence-corrected chi connectivity index (χ2v) is 1.36. The zero-order valence-corrected chi connectivity index (χ0v) is 5.26. The van der Waals surface area contributed by atoms with Gasteiger partial charge in [-0.05, 0) is 20.6 Å². The molecule has 0 N–H and O–H groups in total. The monoisotopic (exact) mass is 110 g/mol. The molecule has 2 nitrogen and oxygen atoms in total. The Morgan fingerprint density at radius 3 is 2.62 bits per heavy atom. The summed E-state index contributed by atoms with van der Waals surface area (Å²) in [5, 5.41) is 0. The molecule has 0 aromatic rings. The Labute approximate surface area is 49.7 Å². The first kappa shape index (κ1) is 7.08. The molecule has 0 heterocycles. The molecule has 0 fully saturated rings. The molecule has 44 valence electrons. The molecule has 0 amide bonds. The predicted molar refractivity (Wildman–Crippen MR) is 37.5 cm³/mol. The first-order chi connectivity index (χ1) is 3.81. The molecule has 0 aliphatic heterocycles. The first-order valence-corrected chi connectivity index (χ1v) is 2.42. The van der Waals surface area contributed by atoms with E-state index in [1.165, 1.54) is 6.34 Å². The van der Waals surface area contributed by atoms with Crippen LogP contribution in [0.3, 0.4) is 0 Å². The van der Waals surface area contributed by atoms with Crippen molar-refractivity contribution in [2.75, 3.05) is 0 Å². The van der Waals surface area contributed by atoms with Crippen molar-refractivity contribution in [3.05, 3.63) is 11.8 Å². The summed E-state index contributed by atoms with van der Waals surface area (Å²) in [6, 6.07) is 0. The Hall–Kier alpha value is -0.920. The van der Waals surface area contributed by atoms with Gasteiger partial charge in [0.1, 0.15) is 6.34 Å². The fourth-order valence-electron chi connectivity index (χ4n) is 0.206. The van der Waals surface area contributed by atoms with Crippen LogP contribution in [-0.2, 0) is 0 Å². The van der Waals surface area contributed by atoms with Crippen molar-refractivity contribution in [1.29, 1.82) is 0 Å². The van der Waals surface area contributed by atoms with E-state index < -0.39 is 0 Å². The summed E-state index contributed by atoms with van der Waals surface area (Å²) in [4.78, 5) is 7.31. The Balaban J connectivity index is 3.69. The number of hydrogen-bond donors (Lipinski definition) is 0. The topological polar surface area (TPSA) is 24.7 Å². The van der Waals surface area contributed by atoms with Gasteiger partial charge in [0.15, 0.2) is 0 Å². The van der Waals surface area contributed by atoms with Crippen LogP contribution >= 0.6 is 0 Å². The van der Waals surface area contributed by atoms with Crippen molar-refractivity contribution in [3.8, 4) is 0 Å². The maximum absolute atomic E-state index is 3.87. The van der Waals surface area contributed by atoms with Crippen LogP contribution in [0.15, 0.2) is 21.8 Å². The van der Waals surface area contributed by atoms with Crippen molar-refractivity contribution in [3.63, 3.8) is 0 Å². The van der Waals surface area contributed by atoms with Gasteiger partial charge in [-0.2, -0.15) is 0 Å². The minimum Gasteiger partial charge on any atom is -0.253 e. The lowest BCUT2D eigenvalue weighted by Gasteiger charge is -1.82. The van der Waals surface area contributed by atoms with Crippen LogP contribution in [0.2, 0.25) is 0 Å². The summed E-state index contributed by atoms with van der Waals surface area (Å²) in [5.74, 6) is 0. The Bertz CT molecular complexity index is 122. The van der Waals surface area contributed by atoms with Crippen molar-refractivity contribution < 1.29 is 0 Å². The number of hydrogen-bond acceptors (Lipinski definition) is 1. The third kappa shape index (κ3) is 3.28. The molecular weight excluding hydrogens is 100 g/mol. The Morgan fingerprint density at radius 2 is 2.25 bits per heavy atom. The minimum absolute atomic E-state index is 0.956. The van der Waals surface area contributed by atoms with Crippen LogP contribution in [0.25, 0.3) is 0 Å². The average molecular weight is 110 g/mol. The van der Waals surface area contributed by atoms with Gasteiger partial charge in [-0.25, -0.2) is 4.99 Å². The van der Waals surface area contributed by atoms with Gasteiger partial charge in [-0.15, -0.1) is 0 Å². The predicted octanol–water partition coefficient (Wildman–Crippen LogP) is 1.64. The van der Waals surface area contributed by atoms with E-state index in [0.29, 0.717) is 0 Å². The molecule has 0 unspecified atom stereocenters. The summed E-state index contributed by atoms with van der Waals surface area (Å²) < 4.78 is 0. The summed E-state index contributed by atoms with van der Waals surface area (Å²) in [7, 11) is 0. The van der Waals surface area contributed by atoms with Crippen LogP contribution < -0.4 is 0 Å². The highest BCUT2D eigenvalue weighted by molar-refractivity contribution is 5.63. The van der Waals surface area contributed by atoms with E-state index in [1.54, 1.807) is 0 Å². The second-order valence-electron chi connectivity index (χ2n) is 1.36. The minimum atomic E-state index is 0.956. The number of rotatable bonds is 2. The molecule has 2 heteroatoms. The van der Waals surface area contributed by atoms with Crippen molar-refractivity contribution in [2.45, 2.75) is 13.8 Å². The highest BCUT2D eigenvalue weighted by atomic mass is 14.8. The smallest absolute Gasteiger partial charge is 0.114 e. The molecule has 0 radical (unpaired) electrons. The summed E-state index contributed by atoms with van der Waals surface area (Å²) >= 11 is 0. The largest absolute Gasteiger partial charge is 0.253 e. The summed E-state index contributed by atoms with van der Waals surface area (Å²) in [5.41, 5.74) is 0.956. The van der Waals surface area contributed by atoms with Crippen LogP contribution in [-0.4, -0.2) is 13.1 Å². The SMILES string of the molecule is C=NC=NC(C)=CC. The Morgan fingerprint density at radius 1 is 1.62 bits per heavy atom. The van der Waals surface area contributed by atoms with E-state index in [1.807, 2.05) is 19.9 Å². The van der Waals surface area contributed by atoms with Crippen LogP contribution in [0, 0.1) is 0 Å². The van der Waals surface area contributed by atoms with Crippen molar-refractivity contribution >= 4 is 13.1 Å². The molecular formula is C6H10N2. The molecule has 0 bridgehead atoms. The molecule has 0 aliphatic carbocycles. The molecule has 0 spiro atoms. The van der Waals surface area contributed by atoms with Gasteiger partial charge in [0.2, 0.25) is 0 Å². The van der Waals surface area contributed by atoms with Gasteiger partial charge in [0.05, 0.1) is 0 Å². The zero-order valence-electron chi connectivity index (χ0n) is 5.26. The average Bonchev–Trinajstić information content (AvgIpc) is 1.83. The standard InChI is InChI=1S/C6H10N2/c1-4-6(2)8-5-7-3/h4-5H,3H2,1-2H3.